The molecular formula is C25H42N4O4+2. The van der Waals surface area contributed by atoms with Crippen molar-refractivity contribution in [2.45, 2.75) is 31.5 Å². The highest BCUT2D eigenvalue weighted by Crippen LogP contribution is 2.33. The molecule has 0 unspecified atom stereocenters. The SMILES string of the molecule is CC(C)(c1ccc(OC[C@@H](O)C[N+](C)(C)N)cc1)c1ccc(OC[C@@H](O)C[N+](C)(C)N)cc1. The Balaban J connectivity index is 1.96. The molecule has 0 amide bonds. The molecule has 0 fully saturated rings. The van der Waals surface area contributed by atoms with E-state index in [4.69, 9.17) is 21.2 Å². The topological polar surface area (TPSA) is 111 Å². The minimum absolute atomic E-state index is 0.188. The molecule has 0 aliphatic carbocycles. The molecule has 0 saturated carbocycles. The molecule has 8 heteroatoms. The maximum Gasteiger partial charge on any atom is 0.138 e. The van der Waals surface area contributed by atoms with Crippen LogP contribution < -0.4 is 21.2 Å². The number of likely N-dealkylation sites (N-methyl/N-ethyl adjacent to an activating group) is 2. The van der Waals surface area contributed by atoms with Gasteiger partial charge in [-0.25, -0.2) is 0 Å². The second-order valence-electron chi connectivity index (χ2n) is 10.5. The Bertz CT molecular complexity index is 784. The van der Waals surface area contributed by atoms with Crippen molar-refractivity contribution in [2.75, 3.05) is 54.5 Å². The quantitative estimate of drug-likeness (QED) is 0.216. The largest absolute Gasteiger partial charge is 0.491 e. The van der Waals surface area contributed by atoms with Crippen molar-refractivity contribution >= 4 is 0 Å². The summed E-state index contributed by atoms with van der Waals surface area (Å²) in [7, 11) is 7.29. The highest BCUT2D eigenvalue weighted by atomic mass is 16.5. The van der Waals surface area contributed by atoms with Crippen LogP contribution in [0.25, 0.3) is 0 Å². The average molecular weight is 463 g/mol. The van der Waals surface area contributed by atoms with E-state index in [-0.39, 0.29) is 27.8 Å². The molecule has 0 bridgehead atoms. The van der Waals surface area contributed by atoms with E-state index in [1.54, 1.807) is 0 Å². The molecule has 2 atom stereocenters. The summed E-state index contributed by atoms with van der Waals surface area (Å²) in [4.78, 5) is 0. The zero-order valence-electron chi connectivity index (χ0n) is 20.9. The van der Waals surface area contributed by atoms with Crippen LogP contribution in [-0.2, 0) is 5.41 Å². The zero-order chi connectivity index (χ0) is 24.9. The lowest BCUT2D eigenvalue weighted by Gasteiger charge is -2.27. The van der Waals surface area contributed by atoms with E-state index in [0.29, 0.717) is 24.6 Å². The summed E-state index contributed by atoms with van der Waals surface area (Å²) in [5.74, 6) is 13.2. The number of quaternary nitrogens is 2. The predicted octanol–water partition coefficient (Wildman–Crippen LogP) is 1.39. The second-order valence-corrected chi connectivity index (χ2v) is 10.5. The smallest absolute Gasteiger partial charge is 0.138 e. The lowest BCUT2D eigenvalue weighted by molar-refractivity contribution is -0.905. The van der Waals surface area contributed by atoms with Crippen molar-refractivity contribution in [3.8, 4) is 11.5 Å². The van der Waals surface area contributed by atoms with Crippen molar-refractivity contribution in [3.05, 3.63) is 59.7 Å². The van der Waals surface area contributed by atoms with Crippen molar-refractivity contribution in [1.29, 1.82) is 0 Å². The highest BCUT2D eigenvalue weighted by molar-refractivity contribution is 5.41. The van der Waals surface area contributed by atoms with Crippen LogP contribution in [0, 0.1) is 0 Å². The molecule has 0 aromatic heterocycles. The van der Waals surface area contributed by atoms with Crippen molar-refractivity contribution in [3.63, 3.8) is 0 Å². The lowest BCUT2D eigenvalue weighted by atomic mass is 9.78. The van der Waals surface area contributed by atoms with E-state index in [1.807, 2.05) is 76.7 Å². The van der Waals surface area contributed by atoms with Gasteiger partial charge in [-0.2, -0.15) is 11.7 Å². The van der Waals surface area contributed by atoms with E-state index < -0.39 is 12.2 Å². The number of hydrogen-bond donors (Lipinski definition) is 4. The molecule has 0 spiro atoms. The molecule has 0 saturated heterocycles. The molecule has 184 valence electrons. The lowest BCUT2D eigenvalue weighted by Crippen LogP contribution is -2.52. The highest BCUT2D eigenvalue weighted by Gasteiger charge is 2.24. The van der Waals surface area contributed by atoms with Gasteiger partial charge >= 0.3 is 0 Å². The molecule has 2 aromatic carbocycles. The number of benzene rings is 2. The fourth-order valence-electron chi connectivity index (χ4n) is 3.68. The Labute approximate surface area is 198 Å². The maximum atomic E-state index is 10.1. The van der Waals surface area contributed by atoms with Gasteiger partial charge < -0.3 is 19.7 Å². The monoisotopic (exact) mass is 462 g/mol. The predicted molar refractivity (Wildman–Crippen MR) is 130 cm³/mol. The Hall–Kier alpha value is -2.20. The Morgan fingerprint density at radius 2 is 1.00 bits per heavy atom. The molecule has 2 rings (SSSR count). The van der Waals surface area contributed by atoms with Crippen LogP contribution >= 0.6 is 0 Å². The van der Waals surface area contributed by atoms with Gasteiger partial charge in [0.1, 0.15) is 50.0 Å². The summed E-state index contributed by atoms with van der Waals surface area (Å²) in [5.41, 5.74) is 2.06. The number of ether oxygens (including phenoxy) is 2. The Morgan fingerprint density at radius 1 is 0.697 bits per heavy atom. The van der Waals surface area contributed by atoms with E-state index in [2.05, 4.69) is 13.8 Å². The first kappa shape index (κ1) is 27.0. The molecule has 0 radical (unpaired) electrons. The summed E-state index contributed by atoms with van der Waals surface area (Å²) in [6.07, 6.45) is -1.27. The summed E-state index contributed by atoms with van der Waals surface area (Å²) in [5, 5.41) is 20.1. The summed E-state index contributed by atoms with van der Waals surface area (Å²) < 4.78 is 11.8. The third-order valence-electron chi connectivity index (χ3n) is 5.40. The van der Waals surface area contributed by atoms with Gasteiger partial charge in [-0.3, -0.25) is 9.18 Å². The molecule has 6 N–H and O–H groups in total. The number of hydrogen-bond acceptors (Lipinski definition) is 6. The van der Waals surface area contributed by atoms with Crippen LogP contribution in [0.3, 0.4) is 0 Å². The third-order valence-corrected chi connectivity index (χ3v) is 5.40. The third kappa shape index (κ3) is 9.29. The fourth-order valence-corrected chi connectivity index (χ4v) is 3.68. The molecule has 0 heterocycles. The maximum absolute atomic E-state index is 10.1. The molecule has 2 aromatic rings. The summed E-state index contributed by atoms with van der Waals surface area (Å²) >= 11 is 0. The molecule has 0 aliphatic rings. The van der Waals surface area contributed by atoms with E-state index in [0.717, 1.165) is 11.1 Å². The van der Waals surface area contributed by atoms with Gasteiger partial charge in [-0.05, 0) is 35.4 Å². The fraction of sp³-hybridized carbons (Fsp3) is 0.520. The molecule has 8 nitrogen and oxygen atoms in total. The van der Waals surface area contributed by atoms with Crippen LogP contribution in [0.1, 0.15) is 25.0 Å². The Morgan fingerprint density at radius 3 is 1.27 bits per heavy atom. The first-order chi connectivity index (χ1) is 15.2. The van der Waals surface area contributed by atoms with Gasteiger partial charge in [0.25, 0.3) is 0 Å². The standard InChI is InChI=1S/C25H42N4O4/c1-25(2,19-7-11-23(12-8-19)32-17-21(30)15-28(3,4)26)20-9-13-24(14-10-20)33-18-22(31)16-29(5,6)27/h7-14,21-22,30-31H,15-18,26-27H2,1-6H3/q+2/t21-,22-/m0/s1. The number of nitrogens with zero attached hydrogens (tertiary/aromatic N) is 2. The van der Waals surface area contributed by atoms with E-state index in [1.165, 1.54) is 0 Å². The van der Waals surface area contributed by atoms with Crippen LogP contribution in [0.4, 0.5) is 0 Å². The number of nitrogens with two attached hydrogens (primary N) is 2. The minimum Gasteiger partial charge on any atom is -0.491 e. The Kier molecular flexibility index (Phi) is 8.87. The van der Waals surface area contributed by atoms with Gasteiger partial charge in [0.2, 0.25) is 0 Å². The van der Waals surface area contributed by atoms with Crippen LogP contribution in [-0.4, -0.2) is 86.1 Å². The second kappa shape index (κ2) is 10.8. The van der Waals surface area contributed by atoms with E-state index in [9.17, 15) is 10.2 Å². The molecule has 33 heavy (non-hydrogen) atoms. The minimum atomic E-state index is -0.635. The first-order valence-corrected chi connectivity index (χ1v) is 11.2. The summed E-state index contributed by atoms with van der Waals surface area (Å²) in [6, 6.07) is 15.8. The number of aliphatic hydroxyl groups excluding tert-OH is 2. The van der Waals surface area contributed by atoms with Crippen molar-refractivity contribution in [2.24, 2.45) is 11.7 Å². The van der Waals surface area contributed by atoms with Crippen LogP contribution in [0.2, 0.25) is 0 Å². The normalized spacial score (nSPS) is 14.6. The van der Waals surface area contributed by atoms with Gasteiger partial charge in [0.15, 0.2) is 0 Å². The average Bonchev–Trinajstić information content (AvgIpc) is 2.69. The van der Waals surface area contributed by atoms with Gasteiger partial charge in [-0.15, -0.1) is 0 Å². The number of rotatable bonds is 12. The van der Waals surface area contributed by atoms with E-state index >= 15 is 0 Å². The van der Waals surface area contributed by atoms with Gasteiger partial charge in [0, 0.05) is 5.41 Å². The van der Waals surface area contributed by atoms with Gasteiger partial charge in [0.05, 0.1) is 28.2 Å². The zero-order valence-corrected chi connectivity index (χ0v) is 20.9. The van der Waals surface area contributed by atoms with Crippen molar-refractivity contribution in [1.82, 2.24) is 0 Å². The molecular weight excluding hydrogens is 420 g/mol. The molecule has 0 aliphatic heterocycles. The van der Waals surface area contributed by atoms with Gasteiger partial charge in [-0.1, -0.05) is 38.1 Å². The van der Waals surface area contributed by atoms with Crippen LogP contribution in [0.5, 0.6) is 11.5 Å². The van der Waals surface area contributed by atoms with Crippen molar-refractivity contribution < 1.29 is 28.9 Å². The van der Waals surface area contributed by atoms with Crippen LogP contribution in [0.15, 0.2) is 48.5 Å². The summed E-state index contributed by atoms with van der Waals surface area (Å²) in [6.45, 7) is 5.53. The first-order valence-electron chi connectivity index (χ1n) is 11.2. The number of aliphatic hydroxyl groups is 2.